The van der Waals surface area contributed by atoms with Crippen LogP contribution in [0.5, 0.6) is 5.75 Å². The molecule has 0 N–H and O–H groups in total. The van der Waals surface area contributed by atoms with E-state index in [0.29, 0.717) is 5.88 Å². The van der Waals surface area contributed by atoms with Gasteiger partial charge in [-0.25, -0.2) is 0 Å². The average molecular weight is 307 g/mol. The first-order valence-electron chi connectivity index (χ1n) is 8.14. The number of hydrogen-bond donors (Lipinski definition) is 0. The van der Waals surface area contributed by atoms with Crippen molar-refractivity contribution >= 4 is 11.6 Å². The summed E-state index contributed by atoms with van der Waals surface area (Å²) in [4.78, 5) is 0. The molecule has 116 valence electrons. The molecule has 2 heteroatoms. The molecule has 0 aromatic heterocycles. The van der Waals surface area contributed by atoms with Gasteiger partial charge in [-0.1, -0.05) is 69.8 Å². The van der Waals surface area contributed by atoms with Gasteiger partial charge in [0, 0.05) is 5.56 Å². The Morgan fingerprint density at radius 3 is 2.43 bits per heavy atom. The summed E-state index contributed by atoms with van der Waals surface area (Å²) in [6.45, 7) is 3.05. The van der Waals surface area contributed by atoms with E-state index >= 15 is 0 Å². The lowest BCUT2D eigenvalue weighted by Gasteiger charge is -2.06. The van der Waals surface area contributed by atoms with E-state index < -0.39 is 0 Å². The van der Waals surface area contributed by atoms with Crippen LogP contribution < -0.4 is 4.74 Å². The van der Waals surface area contributed by atoms with E-state index in [9.17, 15) is 0 Å². The number of rotatable bonds is 10. The van der Waals surface area contributed by atoms with E-state index in [2.05, 4.69) is 18.8 Å². The normalized spacial score (nSPS) is 10.0. The van der Waals surface area contributed by atoms with Crippen LogP contribution in [-0.4, -0.2) is 12.5 Å². The van der Waals surface area contributed by atoms with Crippen LogP contribution in [0.15, 0.2) is 24.3 Å². The third-order valence-electron chi connectivity index (χ3n) is 3.40. The van der Waals surface area contributed by atoms with Gasteiger partial charge in [-0.15, -0.1) is 11.6 Å². The Labute approximate surface area is 135 Å². The monoisotopic (exact) mass is 306 g/mol. The first-order valence-corrected chi connectivity index (χ1v) is 8.68. The van der Waals surface area contributed by atoms with E-state index in [0.717, 1.165) is 24.3 Å². The molecule has 0 aliphatic carbocycles. The Balaban J connectivity index is 2.10. The second-order valence-corrected chi connectivity index (χ2v) is 5.55. The van der Waals surface area contributed by atoms with Crippen molar-refractivity contribution in [2.24, 2.45) is 0 Å². The van der Waals surface area contributed by atoms with Crippen molar-refractivity contribution in [1.29, 1.82) is 0 Å². The van der Waals surface area contributed by atoms with E-state index in [-0.39, 0.29) is 0 Å². The molecule has 1 nitrogen and oxygen atoms in total. The standard InChI is InChI=1S/C19H27ClO/c1-2-3-4-5-6-7-8-9-16-21-19-14-10-12-18(17-19)13-11-15-20/h10,12,14,17H,2-9,15-16H2,1H3. The van der Waals surface area contributed by atoms with Crippen molar-refractivity contribution < 1.29 is 4.74 Å². The van der Waals surface area contributed by atoms with Gasteiger partial charge in [0.2, 0.25) is 0 Å². The van der Waals surface area contributed by atoms with Gasteiger partial charge in [-0.05, 0) is 24.6 Å². The van der Waals surface area contributed by atoms with Gasteiger partial charge in [0.25, 0.3) is 0 Å². The van der Waals surface area contributed by atoms with Crippen LogP contribution >= 0.6 is 11.6 Å². The largest absolute Gasteiger partial charge is 0.494 e. The van der Waals surface area contributed by atoms with Gasteiger partial charge in [-0.2, -0.15) is 0 Å². The molecule has 0 saturated carbocycles. The zero-order valence-corrected chi connectivity index (χ0v) is 13.9. The first kappa shape index (κ1) is 17.9. The predicted octanol–water partition coefficient (Wildman–Crippen LogP) is 5.80. The summed E-state index contributed by atoms with van der Waals surface area (Å²) < 4.78 is 5.77. The predicted molar refractivity (Wildman–Crippen MR) is 92.1 cm³/mol. The van der Waals surface area contributed by atoms with Crippen molar-refractivity contribution in [3.05, 3.63) is 29.8 Å². The Morgan fingerprint density at radius 1 is 1.00 bits per heavy atom. The highest BCUT2D eigenvalue weighted by atomic mass is 35.5. The number of halogens is 1. The lowest BCUT2D eigenvalue weighted by molar-refractivity contribution is 0.304. The molecular weight excluding hydrogens is 280 g/mol. The molecule has 1 aromatic carbocycles. The quantitative estimate of drug-likeness (QED) is 0.302. The Hall–Kier alpha value is -1.13. The smallest absolute Gasteiger partial charge is 0.120 e. The summed E-state index contributed by atoms with van der Waals surface area (Å²) in [5.74, 6) is 7.13. The highest BCUT2D eigenvalue weighted by Crippen LogP contribution is 2.14. The van der Waals surface area contributed by atoms with Gasteiger partial charge in [0.15, 0.2) is 0 Å². The highest BCUT2D eigenvalue weighted by Gasteiger charge is 1.96. The molecule has 0 unspecified atom stereocenters. The Bertz CT molecular complexity index is 431. The second kappa shape index (κ2) is 12.6. The minimum absolute atomic E-state index is 0.364. The Morgan fingerprint density at radius 2 is 1.71 bits per heavy atom. The molecule has 0 heterocycles. The number of hydrogen-bond acceptors (Lipinski definition) is 1. The van der Waals surface area contributed by atoms with Crippen LogP contribution in [0.4, 0.5) is 0 Å². The maximum absolute atomic E-state index is 5.77. The molecule has 0 aliphatic heterocycles. The van der Waals surface area contributed by atoms with Crippen molar-refractivity contribution in [3.8, 4) is 17.6 Å². The maximum Gasteiger partial charge on any atom is 0.120 e. The van der Waals surface area contributed by atoms with Gasteiger partial charge < -0.3 is 4.74 Å². The van der Waals surface area contributed by atoms with Gasteiger partial charge in [-0.3, -0.25) is 0 Å². The van der Waals surface area contributed by atoms with Crippen LogP contribution in [0.1, 0.15) is 63.9 Å². The zero-order valence-electron chi connectivity index (χ0n) is 13.2. The second-order valence-electron chi connectivity index (χ2n) is 5.29. The summed E-state index contributed by atoms with van der Waals surface area (Å²) in [7, 11) is 0. The van der Waals surface area contributed by atoms with Crippen molar-refractivity contribution in [3.63, 3.8) is 0 Å². The van der Waals surface area contributed by atoms with Crippen LogP contribution in [-0.2, 0) is 0 Å². The number of unbranched alkanes of at least 4 members (excludes halogenated alkanes) is 7. The summed E-state index contributed by atoms with van der Waals surface area (Å²) in [6, 6.07) is 7.91. The third-order valence-corrected chi connectivity index (χ3v) is 3.53. The lowest BCUT2D eigenvalue weighted by Crippen LogP contribution is -1.97. The molecule has 0 amide bonds. The Kier molecular flexibility index (Phi) is 10.8. The van der Waals surface area contributed by atoms with Crippen molar-refractivity contribution in [2.45, 2.75) is 58.3 Å². The molecule has 1 rings (SSSR count). The SMILES string of the molecule is CCCCCCCCCCOc1cccc(C#CCCl)c1. The molecule has 0 saturated heterocycles. The fraction of sp³-hybridized carbons (Fsp3) is 0.579. The number of ether oxygens (including phenoxy) is 1. The van der Waals surface area contributed by atoms with Crippen molar-refractivity contribution in [2.75, 3.05) is 12.5 Å². The topological polar surface area (TPSA) is 9.23 Å². The molecule has 21 heavy (non-hydrogen) atoms. The molecular formula is C19H27ClO. The molecule has 0 atom stereocenters. The summed E-state index contributed by atoms with van der Waals surface area (Å²) in [5.41, 5.74) is 0.962. The first-order chi connectivity index (χ1) is 10.4. The van der Waals surface area contributed by atoms with Gasteiger partial charge in [0.1, 0.15) is 5.75 Å². The lowest BCUT2D eigenvalue weighted by atomic mass is 10.1. The summed E-state index contributed by atoms with van der Waals surface area (Å²) in [5, 5.41) is 0. The fourth-order valence-electron chi connectivity index (χ4n) is 2.23. The van der Waals surface area contributed by atoms with Crippen LogP contribution in [0.25, 0.3) is 0 Å². The molecule has 0 fully saturated rings. The van der Waals surface area contributed by atoms with E-state index in [1.807, 2.05) is 24.3 Å². The molecule has 1 aromatic rings. The van der Waals surface area contributed by atoms with E-state index in [4.69, 9.17) is 16.3 Å². The number of alkyl halides is 1. The van der Waals surface area contributed by atoms with Crippen LogP contribution in [0, 0.1) is 11.8 Å². The average Bonchev–Trinajstić information content (AvgIpc) is 2.52. The van der Waals surface area contributed by atoms with Gasteiger partial charge >= 0.3 is 0 Å². The van der Waals surface area contributed by atoms with Crippen LogP contribution in [0.3, 0.4) is 0 Å². The minimum Gasteiger partial charge on any atom is -0.494 e. The molecule has 0 aliphatic rings. The fourth-order valence-corrected chi connectivity index (χ4v) is 2.29. The number of benzene rings is 1. The maximum atomic E-state index is 5.77. The van der Waals surface area contributed by atoms with Gasteiger partial charge in [0.05, 0.1) is 12.5 Å². The zero-order chi connectivity index (χ0) is 15.2. The van der Waals surface area contributed by atoms with E-state index in [1.54, 1.807) is 0 Å². The molecule has 0 radical (unpaired) electrons. The molecule has 0 spiro atoms. The minimum atomic E-state index is 0.364. The van der Waals surface area contributed by atoms with Crippen molar-refractivity contribution in [1.82, 2.24) is 0 Å². The third kappa shape index (κ3) is 9.43. The van der Waals surface area contributed by atoms with E-state index in [1.165, 1.54) is 44.9 Å². The molecule has 0 bridgehead atoms. The summed E-state index contributed by atoms with van der Waals surface area (Å²) in [6.07, 6.45) is 10.6. The van der Waals surface area contributed by atoms with Crippen LogP contribution in [0.2, 0.25) is 0 Å². The highest BCUT2D eigenvalue weighted by molar-refractivity contribution is 6.19. The summed E-state index contributed by atoms with van der Waals surface area (Å²) >= 11 is 5.56.